The Morgan fingerprint density at radius 2 is 1.88 bits per heavy atom. The summed E-state index contributed by atoms with van der Waals surface area (Å²) < 4.78 is 39.3. The molecular formula is C28H36N6O5S. The smallest absolute Gasteiger partial charge is 0.260 e. The van der Waals surface area contributed by atoms with Gasteiger partial charge in [-0.05, 0) is 74.8 Å². The lowest BCUT2D eigenvalue weighted by molar-refractivity contribution is 0.0330. The second-order valence-electron chi connectivity index (χ2n) is 10.9. The Bertz CT molecular complexity index is 1420. The Labute approximate surface area is 234 Å². The number of piperidine rings is 2. The molecule has 6 heterocycles. The van der Waals surface area contributed by atoms with Crippen molar-refractivity contribution in [3.8, 4) is 22.8 Å². The molecule has 11 nitrogen and oxygen atoms in total. The van der Waals surface area contributed by atoms with Crippen molar-refractivity contribution in [1.82, 2.24) is 15.1 Å². The van der Waals surface area contributed by atoms with Gasteiger partial charge in [0, 0.05) is 44.5 Å². The summed E-state index contributed by atoms with van der Waals surface area (Å²) in [5.41, 5.74) is 2.80. The molecule has 0 amide bonds. The van der Waals surface area contributed by atoms with Crippen LogP contribution in [0.1, 0.15) is 38.5 Å². The van der Waals surface area contributed by atoms with E-state index in [-0.39, 0.29) is 11.9 Å². The average molecular weight is 569 g/mol. The maximum absolute atomic E-state index is 12.3. The van der Waals surface area contributed by atoms with Crippen molar-refractivity contribution in [1.29, 1.82) is 0 Å². The fraction of sp³-hybridized carbons (Fsp3) is 0.536. The van der Waals surface area contributed by atoms with Crippen LogP contribution in [0.2, 0.25) is 0 Å². The number of anilines is 3. The molecule has 12 heteroatoms. The van der Waals surface area contributed by atoms with E-state index in [1.807, 2.05) is 12.1 Å². The van der Waals surface area contributed by atoms with Gasteiger partial charge in [0.2, 0.25) is 15.8 Å². The van der Waals surface area contributed by atoms with E-state index in [0.29, 0.717) is 23.3 Å². The van der Waals surface area contributed by atoms with Crippen molar-refractivity contribution >= 4 is 27.2 Å². The van der Waals surface area contributed by atoms with Crippen molar-refractivity contribution in [3.63, 3.8) is 0 Å². The number of hydrogen-bond donors (Lipinski definition) is 2. The number of aliphatic hydroxyl groups is 1. The van der Waals surface area contributed by atoms with Crippen LogP contribution in [0.5, 0.6) is 0 Å². The molecule has 3 aromatic rings. The molecule has 2 fully saturated rings. The van der Waals surface area contributed by atoms with E-state index in [9.17, 15) is 8.42 Å². The number of benzene rings is 1. The molecule has 1 atom stereocenters. The van der Waals surface area contributed by atoms with Gasteiger partial charge in [-0.1, -0.05) is 5.16 Å². The Hall–Kier alpha value is -3.22. The first-order valence-electron chi connectivity index (χ1n) is 14.1. The van der Waals surface area contributed by atoms with Crippen LogP contribution in [0.25, 0.3) is 22.8 Å². The minimum absolute atomic E-state index is 0.205. The minimum atomic E-state index is -3.67. The van der Waals surface area contributed by atoms with E-state index in [1.165, 1.54) is 6.42 Å². The van der Waals surface area contributed by atoms with Crippen LogP contribution in [-0.4, -0.2) is 79.9 Å². The molecule has 0 saturated carbocycles. The van der Waals surface area contributed by atoms with Crippen LogP contribution in [-0.2, 0) is 14.8 Å². The quantitative estimate of drug-likeness (QED) is 0.481. The molecule has 7 rings (SSSR count). The summed E-state index contributed by atoms with van der Waals surface area (Å²) in [5, 5.41) is 13.4. The van der Waals surface area contributed by atoms with Crippen molar-refractivity contribution in [2.24, 2.45) is 5.92 Å². The molecule has 8 bridgehead atoms. The Morgan fingerprint density at radius 1 is 1.02 bits per heavy atom. The molecule has 4 aliphatic heterocycles. The van der Waals surface area contributed by atoms with Gasteiger partial charge in [0.25, 0.3) is 5.89 Å². The van der Waals surface area contributed by atoms with Crippen molar-refractivity contribution in [2.75, 3.05) is 59.7 Å². The zero-order valence-electron chi connectivity index (χ0n) is 22.5. The molecule has 0 aliphatic carbocycles. The molecule has 2 aromatic heterocycles. The third-order valence-corrected chi connectivity index (χ3v) is 9.29. The van der Waals surface area contributed by atoms with Crippen molar-refractivity contribution in [3.05, 3.63) is 36.5 Å². The van der Waals surface area contributed by atoms with Gasteiger partial charge < -0.3 is 24.2 Å². The van der Waals surface area contributed by atoms with Gasteiger partial charge in [-0.3, -0.25) is 4.72 Å². The largest absolute Gasteiger partial charge is 0.395 e. The summed E-state index contributed by atoms with van der Waals surface area (Å²) in [7, 11) is -3.67. The van der Waals surface area contributed by atoms with Gasteiger partial charge >= 0.3 is 0 Å². The molecule has 2 saturated heterocycles. The highest BCUT2D eigenvalue weighted by atomic mass is 32.2. The number of sulfonamides is 1. The first-order chi connectivity index (χ1) is 19.5. The first kappa shape index (κ1) is 27.0. The van der Waals surface area contributed by atoms with Crippen molar-refractivity contribution in [2.45, 2.75) is 44.6 Å². The maximum Gasteiger partial charge on any atom is 0.260 e. The van der Waals surface area contributed by atoms with Gasteiger partial charge in [-0.2, -0.15) is 4.98 Å². The molecule has 4 aliphatic rings. The normalized spacial score (nSPS) is 21.7. The van der Waals surface area contributed by atoms with Crippen LogP contribution in [0.3, 0.4) is 0 Å². The van der Waals surface area contributed by atoms with Gasteiger partial charge in [0.1, 0.15) is 5.82 Å². The fourth-order valence-electron chi connectivity index (χ4n) is 5.96. The van der Waals surface area contributed by atoms with E-state index in [2.05, 4.69) is 24.7 Å². The number of aromatic nitrogens is 3. The summed E-state index contributed by atoms with van der Waals surface area (Å²) in [6.07, 6.45) is 8.34. The van der Waals surface area contributed by atoms with Crippen LogP contribution in [0.15, 0.2) is 41.1 Å². The SMILES string of the molecule is O=S(=O)(CCO)Nc1ccc2c(c1)N1CCC(CC1)OCCCC1CCCN(C1)c1cc(ccn1)-c1noc-2n1. The zero-order chi connectivity index (χ0) is 27.5. The zero-order valence-corrected chi connectivity index (χ0v) is 23.4. The summed E-state index contributed by atoms with van der Waals surface area (Å²) in [5.74, 6) is 2.03. The molecule has 1 unspecified atom stereocenters. The Morgan fingerprint density at radius 3 is 2.73 bits per heavy atom. The first-order valence-corrected chi connectivity index (χ1v) is 15.8. The second-order valence-corrected chi connectivity index (χ2v) is 12.7. The standard InChI is InChI=1S/C28H36N6O5S/c35-14-16-40(36,37)32-22-5-6-24-25(18-22)33-12-8-23(9-13-33)38-15-2-4-20-3-1-11-34(19-20)26-17-21(7-10-29-26)27-30-28(24)39-31-27/h5-7,10,17-18,20,23,32,35H,1-4,8-9,11-16,19H2. The predicted octanol–water partition coefficient (Wildman–Crippen LogP) is 3.53. The molecule has 1 aromatic carbocycles. The summed E-state index contributed by atoms with van der Waals surface area (Å²) in [4.78, 5) is 14.0. The Balaban J connectivity index is 1.37. The van der Waals surface area contributed by atoms with E-state index < -0.39 is 16.6 Å². The number of pyridine rings is 1. The highest BCUT2D eigenvalue weighted by Gasteiger charge is 2.26. The van der Waals surface area contributed by atoms with Gasteiger partial charge in [-0.15, -0.1) is 0 Å². The third-order valence-electron chi connectivity index (χ3n) is 8.03. The van der Waals surface area contributed by atoms with Crippen LogP contribution in [0, 0.1) is 5.92 Å². The molecule has 0 spiro atoms. The van der Waals surface area contributed by atoms with Crippen LogP contribution >= 0.6 is 0 Å². The lowest BCUT2D eigenvalue weighted by atomic mass is 9.93. The maximum atomic E-state index is 12.3. The van der Waals surface area contributed by atoms with E-state index in [0.717, 1.165) is 87.5 Å². The van der Waals surface area contributed by atoms with E-state index >= 15 is 0 Å². The molecule has 40 heavy (non-hydrogen) atoms. The van der Waals surface area contributed by atoms with Gasteiger partial charge in [0.05, 0.1) is 35.4 Å². The topological polar surface area (TPSA) is 134 Å². The van der Waals surface area contributed by atoms with Gasteiger partial charge in [-0.25, -0.2) is 13.4 Å². The highest BCUT2D eigenvalue weighted by molar-refractivity contribution is 7.92. The third kappa shape index (κ3) is 6.08. The van der Waals surface area contributed by atoms with Gasteiger partial charge in [0.15, 0.2) is 0 Å². The number of fused-ring (bicyclic) bond motifs is 5. The van der Waals surface area contributed by atoms with E-state index in [1.54, 1.807) is 24.4 Å². The summed E-state index contributed by atoms with van der Waals surface area (Å²) >= 11 is 0. The molecule has 2 N–H and O–H groups in total. The number of rotatable bonds is 4. The molecular weight excluding hydrogens is 532 g/mol. The predicted molar refractivity (Wildman–Crippen MR) is 153 cm³/mol. The average Bonchev–Trinajstić information content (AvgIpc) is 3.46. The number of hydrogen-bond acceptors (Lipinski definition) is 10. The van der Waals surface area contributed by atoms with Crippen molar-refractivity contribution < 1.29 is 22.8 Å². The molecule has 0 radical (unpaired) electrons. The molecule has 214 valence electrons. The fourth-order valence-corrected chi connectivity index (χ4v) is 6.79. The summed E-state index contributed by atoms with van der Waals surface area (Å²) in [6.45, 7) is 3.81. The number of nitrogens with one attached hydrogen (secondary N) is 1. The van der Waals surface area contributed by atoms with Crippen LogP contribution < -0.4 is 14.5 Å². The Kier molecular flexibility index (Phi) is 7.90. The number of aliphatic hydroxyl groups excluding tert-OH is 1. The number of ether oxygens (including phenoxy) is 1. The summed E-state index contributed by atoms with van der Waals surface area (Å²) in [6, 6.07) is 9.21. The lowest BCUT2D eigenvalue weighted by Gasteiger charge is -2.35. The van der Waals surface area contributed by atoms with Crippen LogP contribution in [0.4, 0.5) is 17.2 Å². The minimum Gasteiger partial charge on any atom is -0.395 e. The highest BCUT2D eigenvalue weighted by Crippen LogP contribution is 2.36. The monoisotopic (exact) mass is 568 g/mol. The lowest BCUT2D eigenvalue weighted by Crippen LogP contribution is -2.37. The second kappa shape index (κ2) is 11.7. The number of nitrogens with zero attached hydrogens (tertiary/aromatic N) is 5. The van der Waals surface area contributed by atoms with E-state index in [4.69, 9.17) is 19.4 Å².